The van der Waals surface area contributed by atoms with Crippen LogP contribution in [0.4, 0.5) is 10.1 Å². The lowest BCUT2D eigenvalue weighted by molar-refractivity contribution is 0.305. The first-order valence-corrected chi connectivity index (χ1v) is 6.28. The Balaban J connectivity index is 2.11. The third kappa shape index (κ3) is 3.23. The summed E-state index contributed by atoms with van der Waals surface area (Å²) in [6, 6.07) is 10.1. The minimum atomic E-state index is -0.233. The molecule has 2 nitrogen and oxygen atoms in total. The van der Waals surface area contributed by atoms with E-state index < -0.39 is 0 Å². The molecule has 2 aromatic carbocycles. The van der Waals surface area contributed by atoms with Crippen LogP contribution >= 0.6 is 15.9 Å². The van der Waals surface area contributed by atoms with Gasteiger partial charge in [0.15, 0.2) is 0 Å². The highest BCUT2D eigenvalue weighted by atomic mass is 79.9. The molecule has 2 rings (SSSR count). The molecule has 0 spiro atoms. The van der Waals surface area contributed by atoms with Gasteiger partial charge in [0, 0.05) is 16.2 Å². The highest BCUT2D eigenvalue weighted by Crippen LogP contribution is 2.24. The average molecular weight is 310 g/mol. The first-order valence-electron chi connectivity index (χ1n) is 5.48. The van der Waals surface area contributed by atoms with Crippen molar-refractivity contribution in [2.24, 2.45) is 0 Å². The fraction of sp³-hybridized carbons (Fsp3) is 0.143. The van der Waals surface area contributed by atoms with Crippen molar-refractivity contribution in [3.8, 4) is 5.75 Å². The average Bonchev–Trinajstić information content (AvgIpc) is 2.26. The number of benzene rings is 2. The molecule has 0 aromatic heterocycles. The molecule has 4 heteroatoms. The monoisotopic (exact) mass is 309 g/mol. The third-order valence-electron chi connectivity index (χ3n) is 2.59. The van der Waals surface area contributed by atoms with E-state index in [2.05, 4.69) is 15.9 Å². The van der Waals surface area contributed by atoms with E-state index in [1.165, 1.54) is 12.1 Å². The Bertz CT molecular complexity index is 551. The molecule has 0 aliphatic carbocycles. The maximum Gasteiger partial charge on any atom is 0.123 e. The zero-order chi connectivity index (χ0) is 13.1. The van der Waals surface area contributed by atoms with E-state index in [1.54, 1.807) is 18.2 Å². The first kappa shape index (κ1) is 12.9. The van der Waals surface area contributed by atoms with Gasteiger partial charge in [0.2, 0.25) is 0 Å². The number of rotatable bonds is 3. The summed E-state index contributed by atoms with van der Waals surface area (Å²) in [6.07, 6.45) is 0. The second-order valence-electron chi connectivity index (χ2n) is 4.08. The zero-order valence-electron chi connectivity index (χ0n) is 9.91. The molecule has 0 bridgehead atoms. The molecule has 0 radical (unpaired) electrons. The summed E-state index contributed by atoms with van der Waals surface area (Å²) in [5, 5.41) is 0. The van der Waals surface area contributed by atoms with Crippen molar-refractivity contribution in [1.29, 1.82) is 0 Å². The molecule has 2 aromatic rings. The molecule has 18 heavy (non-hydrogen) atoms. The molecule has 0 saturated heterocycles. The van der Waals surface area contributed by atoms with Gasteiger partial charge in [0.25, 0.3) is 0 Å². The predicted molar refractivity (Wildman–Crippen MR) is 74.0 cm³/mol. The maximum absolute atomic E-state index is 13.0. The lowest BCUT2D eigenvalue weighted by atomic mass is 10.1. The van der Waals surface area contributed by atoms with Crippen LogP contribution in [0.3, 0.4) is 0 Å². The first-order chi connectivity index (χ1) is 8.54. The van der Waals surface area contributed by atoms with Crippen molar-refractivity contribution in [1.82, 2.24) is 0 Å². The Hall–Kier alpha value is -1.55. The van der Waals surface area contributed by atoms with Crippen LogP contribution in [0, 0.1) is 12.7 Å². The van der Waals surface area contributed by atoms with Gasteiger partial charge in [-0.1, -0.05) is 22.0 Å². The summed E-state index contributed by atoms with van der Waals surface area (Å²) in [5.41, 5.74) is 8.18. The fourth-order valence-electron chi connectivity index (χ4n) is 1.65. The van der Waals surface area contributed by atoms with Crippen molar-refractivity contribution in [2.75, 3.05) is 5.73 Å². The molecule has 0 unspecified atom stereocenters. The van der Waals surface area contributed by atoms with E-state index in [0.717, 1.165) is 15.6 Å². The van der Waals surface area contributed by atoms with Gasteiger partial charge in [-0.25, -0.2) is 4.39 Å². The van der Waals surface area contributed by atoms with Crippen molar-refractivity contribution < 1.29 is 9.13 Å². The number of aryl methyl sites for hydroxylation is 1. The smallest absolute Gasteiger partial charge is 0.123 e. The second kappa shape index (κ2) is 5.40. The van der Waals surface area contributed by atoms with E-state index in [-0.39, 0.29) is 5.82 Å². The summed E-state index contributed by atoms with van der Waals surface area (Å²) in [6.45, 7) is 2.25. The van der Waals surface area contributed by atoms with E-state index in [9.17, 15) is 4.39 Å². The van der Waals surface area contributed by atoms with E-state index in [4.69, 9.17) is 10.5 Å². The van der Waals surface area contributed by atoms with Gasteiger partial charge < -0.3 is 10.5 Å². The van der Waals surface area contributed by atoms with Crippen molar-refractivity contribution >= 4 is 21.6 Å². The highest BCUT2D eigenvalue weighted by molar-refractivity contribution is 9.10. The summed E-state index contributed by atoms with van der Waals surface area (Å²) in [4.78, 5) is 0. The molecule has 0 atom stereocenters. The molecule has 2 N–H and O–H groups in total. The molecule has 0 heterocycles. The van der Waals surface area contributed by atoms with E-state index >= 15 is 0 Å². The standard InChI is InChI=1S/C14H13BrFNO/c1-9-4-12(16)3-2-10(9)8-18-14-6-11(15)5-13(17)7-14/h2-7H,8,17H2,1H3. The van der Waals surface area contributed by atoms with Crippen LogP contribution in [0.25, 0.3) is 0 Å². The number of nitrogen functional groups attached to an aromatic ring is 1. The summed E-state index contributed by atoms with van der Waals surface area (Å²) >= 11 is 3.35. The van der Waals surface area contributed by atoms with E-state index in [1.807, 2.05) is 13.0 Å². The molecule has 0 aliphatic rings. The molecule has 0 fully saturated rings. The quantitative estimate of drug-likeness (QED) is 0.868. The minimum Gasteiger partial charge on any atom is -0.489 e. The SMILES string of the molecule is Cc1cc(F)ccc1COc1cc(N)cc(Br)c1. The summed E-state index contributed by atoms with van der Waals surface area (Å²) < 4.78 is 19.5. The number of hydrogen-bond donors (Lipinski definition) is 1. The lowest BCUT2D eigenvalue weighted by Gasteiger charge is -2.10. The van der Waals surface area contributed by atoms with Crippen molar-refractivity contribution in [3.63, 3.8) is 0 Å². The van der Waals surface area contributed by atoms with Crippen LogP contribution in [0.15, 0.2) is 40.9 Å². The summed E-state index contributed by atoms with van der Waals surface area (Å²) in [7, 11) is 0. The van der Waals surface area contributed by atoms with Crippen LogP contribution in [0.5, 0.6) is 5.75 Å². The number of halogens is 2. The van der Waals surface area contributed by atoms with Crippen molar-refractivity contribution in [3.05, 3.63) is 57.8 Å². The molecule has 0 aliphatic heterocycles. The van der Waals surface area contributed by atoms with Crippen LogP contribution < -0.4 is 10.5 Å². The fourth-order valence-corrected chi connectivity index (χ4v) is 2.14. The molecular formula is C14H13BrFNO. The van der Waals surface area contributed by atoms with Crippen LogP contribution in [0.2, 0.25) is 0 Å². The van der Waals surface area contributed by atoms with Crippen molar-refractivity contribution in [2.45, 2.75) is 13.5 Å². The lowest BCUT2D eigenvalue weighted by Crippen LogP contribution is -1.99. The molecule has 94 valence electrons. The van der Waals surface area contributed by atoms with Gasteiger partial charge in [0.1, 0.15) is 18.2 Å². The van der Waals surface area contributed by atoms with E-state index in [0.29, 0.717) is 18.0 Å². The Kier molecular flexibility index (Phi) is 3.87. The third-order valence-corrected chi connectivity index (χ3v) is 3.05. The molecule has 0 saturated carbocycles. The van der Waals surface area contributed by atoms with Crippen LogP contribution in [-0.4, -0.2) is 0 Å². The van der Waals surface area contributed by atoms with Gasteiger partial charge in [0.05, 0.1) is 0 Å². The number of nitrogens with two attached hydrogens (primary N) is 1. The minimum absolute atomic E-state index is 0.233. The number of ether oxygens (including phenoxy) is 1. The largest absolute Gasteiger partial charge is 0.489 e. The Morgan fingerprint density at radius 1 is 1.22 bits per heavy atom. The number of anilines is 1. The zero-order valence-corrected chi connectivity index (χ0v) is 11.5. The second-order valence-corrected chi connectivity index (χ2v) is 5.00. The van der Waals surface area contributed by atoms with Gasteiger partial charge in [-0.15, -0.1) is 0 Å². The molecular weight excluding hydrogens is 297 g/mol. The summed E-state index contributed by atoms with van der Waals surface area (Å²) in [5.74, 6) is 0.452. The number of hydrogen-bond acceptors (Lipinski definition) is 2. The van der Waals surface area contributed by atoms with Crippen LogP contribution in [-0.2, 0) is 6.61 Å². The predicted octanol–water partition coefficient (Wildman–Crippen LogP) is 4.06. The van der Waals surface area contributed by atoms with Gasteiger partial charge >= 0.3 is 0 Å². The van der Waals surface area contributed by atoms with Gasteiger partial charge in [-0.3, -0.25) is 0 Å². The van der Waals surface area contributed by atoms with Gasteiger partial charge in [-0.05, 0) is 42.3 Å². The molecule has 0 amide bonds. The topological polar surface area (TPSA) is 35.2 Å². The van der Waals surface area contributed by atoms with Gasteiger partial charge in [-0.2, -0.15) is 0 Å². The highest BCUT2D eigenvalue weighted by Gasteiger charge is 2.03. The maximum atomic E-state index is 13.0. The Labute approximate surface area is 114 Å². The normalized spacial score (nSPS) is 10.4. The Morgan fingerprint density at radius 2 is 2.00 bits per heavy atom. The van der Waals surface area contributed by atoms with Crippen LogP contribution in [0.1, 0.15) is 11.1 Å². The Morgan fingerprint density at radius 3 is 2.67 bits per heavy atom.